The van der Waals surface area contributed by atoms with Crippen LogP contribution in [0.25, 0.3) is 5.82 Å². The highest BCUT2D eigenvalue weighted by molar-refractivity contribution is 5.96. The molecular weight excluding hydrogens is 254 g/mol. The summed E-state index contributed by atoms with van der Waals surface area (Å²) in [4.78, 5) is 16.5. The van der Waals surface area contributed by atoms with Crippen molar-refractivity contribution in [3.63, 3.8) is 0 Å². The van der Waals surface area contributed by atoms with Crippen LogP contribution >= 0.6 is 0 Å². The Morgan fingerprint density at radius 1 is 1.45 bits per heavy atom. The summed E-state index contributed by atoms with van der Waals surface area (Å²) in [6.07, 6.45) is 7.96. The van der Waals surface area contributed by atoms with Gasteiger partial charge in [-0.2, -0.15) is 5.10 Å². The molecule has 1 saturated carbocycles. The Morgan fingerprint density at radius 3 is 2.80 bits per heavy atom. The number of hydrogen-bond donors (Lipinski definition) is 2. The molecule has 2 aromatic rings. The average Bonchev–Trinajstić information content (AvgIpc) is 2.93. The molecule has 2 heterocycles. The molecule has 0 saturated heterocycles. The van der Waals surface area contributed by atoms with Gasteiger partial charge in [0.25, 0.3) is 0 Å². The molecule has 0 bridgehead atoms. The van der Waals surface area contributed by atoms with E-state index in [0.717, 1.165) is 19.3 Å². The zero-order chi connectivity index (χ0) is 14.0. The molecule has 1 aliphatic rings. The summed E-state index contributed by atoms with van der Waals surface area (Å²) in [5.41, 5.74) is 6.04. The van der Waals surface area contributed by atoms with Crippen LogP contribution in [0, 0.1) is 5.41 Å². The van der Waals surface area contributed by atoms with Gasteiger partial charge >= 0.3 is 0 Å². The van der Waals surface area contributed by atoms with E-state index in [9.17, 15) is 4.79 Å². The van der Waals surface area contributed by atoms with Gasteiger partial charge in [-0.25, -0.2) is 9.67 Å². The molecule has 1 amide bonds. The Morgan fingerprint density at radius 2 is 2.30 bits per heavy atom. The van der Waals surface area contributed by atoms with Gasteiger partial charge in [-0.05, 0) is 31.0 Å². The van der Waals surface area contributed by atoms with E-state index >= 15 is 0 Å². The highest BCUT2D eigenvalue weighted by Gasteiger charge is 2.42. The van der Waals surface area contributed by atoms with Gasteiger partial charge in [-0.1, -0.05) is 6.42 Å². The van der Waals surface area contributed by atoms with Gasteiger partial charge in [0.2, 0.25) is 5.91 Å². The monoisotopic (exact) mass is 271 g/mol. The number of rotatable bonds is 4. The first-order chi connectivity index (χ1) is 9.73. The Kier molecular flexibility index (Phi) is 3.23. The highest BCUT2D eigenvalue weighted by atomic mass is 16.2. The summed E-state index contributed by atoms with van der Waals surface area (Å²) in [7, 11) is 0. The van der Waals surface area contributed by atoms with Crippen LogP contribution in [0.5, 0.6) is 0 Å². The molecule has 0 unspecified atom stereocenters. The summed E-state index contributed by atoms with van der Waals surface area (Å²) >= 11 is 0. The Labute approximate surface area is 117 Å². The van der Waals surface area contributed by atoms with Crippen LogP contribution in [0.15, 0.2) is 36.8 Å². The summed E-state index contributed by atoms with van der Waals surface area (Å²) in [6, 6.07) is 5.47. The lowest BCUT2D eigenvalue weighted by atomic mass is 9.68. The molecule has 0 aromatic carbocycles. The van der Waals surface area contributed by atoms with Gasteiger partial charge < -0.3 is 11.1 Å². The topological polar surface area (TPSA) is 85.8 Å². The molecule has 0 aliphatic heterocycles. The number of nitrogens with zero attached hydrogens (tertiary/aromatic N) is 3. The standard InChI is InChI=1S/C14H17N5O/c15-10-14(5-1-6-14)13(20)18-11-3-4-12(16-9-11)19-8-2-7-17-19/h2-4,7-9H,1,5-6,10,15H2,(H,18,20). The van der Waals surface area contributed by atoms with Crippen LogP contribution in [0.2, 0.25) is 0 Å². The van der Waals surface area contributed by atoms with Crippen LogP contribution in [-0.4, -0.2) is 27.2 Å². The van der Waals surface area contributed by atoms with Crippen LogP contribution in [0.4, 0.5) is 5.69 Å². The van der Waals surface area contributed by atoms with Crippen molar-refractivity contribution >= 4 is 11.6 Å². The fourth-order valence-electron chi connectivity index (χ4n) is 2.39. The lowest BCUT2D eigenvalue weighted by Gasteiger charge is -2.39. The highest BCUT2D eigenvalue weighted by Crippen LogP contribution is 2.40. The number of anilines is 1. The lowest BCUT2D eigenvalue weighted by Crippen LogP contribution is -2.47. The van der Waals surface area contributed by atoms with Crippen molar-refractivity contribution in [2.75, 3.05) is 11.9 Å². The predicted octanol–water partition coefficient (Wildman–Crippen LogP) is 1.33. The van der Waals surface area contributed by atoms with Gasteiger partial charge in [0, 0.05) is 18.9 Å². The summed E-state index contributed by atoms with van der Waals surface area (Å²) < 4.78 is 1.67. The number of amides is 1. The van der Waals surface area contributed by atoms with Crippen molar-refractivity contribution in [1.29, 1.82) is 0 Å². The first kappa shape index (κ1) is 12.8. The first-order valence-electron chi connectivity index (χ1n) is 6.71. The number of nitrogens with one attached hydrogen (secondary N) is 1. The van der Waals surface area contributed by atoms with Crippen molar-refractivity contribution in [1.82, 2.24) is 14.8 Å². The van der Waals surface area contributed by atoms with Gasteiger partial charge in [0.15, 0.2) is 5.82 Å². The second-order valence-electron chi connectivity index (χ2n) is 5.15. The zero-order valence-electron chi connectivity index (χ0n) is 11.1. The van der Waals surface area contributed by atoms with E-state index in [1.54, 1.807) is 17.1 Å². The van der Waals surface area contributed by atoms with Gasteiger partial charge in [-0.15, -0.1) is 0 Å². The van der Waals surface area contributed by atoms with E-state index in [2.05, 4.69) is 15.4 Å². The van der Waals surface area contributed by atoms with Crippen LogP contribution in [-0.2, 0) is 4.79 Å². The fraction of sp³-hybridized carbons (Fsp3) is 0.357. The number of aromatic nitrogens is 3. The third-order valence-electron chi connectivity index (χ3n) is 3.93. The maximum absolute atomic E-state index is 12.2. The number of hydrogen-bond acceptors (Lipinski definition) is 4. The van der Waals surface area contributed by atoms with Gasteiger partial charge in [0.1, 0.15) is 0 Å². The maximum Gasteiger partial charge on any atom is 0.231 e. The molecule has 104 valence electrons. The zero-order valence-corrected chi connectivity index (χ0v) is 11.1. The fourth-order valence-corrected chi connectivity index (χ4v) is 2.39. The minimum atomic E-state index is -0.374. The summed E-state index contributed by atoms with van der Waals surface area (Å²) in [5, 5.41) is 7.00. The minimum Gasteiger partial charge on any atom is -0.329 e. The van der Waals surface area contributed by atoms with Crippen molar-refractivity contribution in [2.24, 2.45) is 11.1 Å². The molecule has 6 nitrogen and oxygen atoms in total. The number of carbonyl (C=O) groups excluding carboxylic acids is 1. The second-order valence-corrected chi connectivity index (χ2v) is 5.15. The van der Waals surface area contributed by atoms with E-state index in [-0.39, 0.29) is 11.3 Å². The Hall–Kier alpha value is -2.21. The van der Waals surface area contributed by atoms with Crippen molar-refractivity contribution in [3.05, 3.63) is 36.8 Å². The molecule has 3 rings (SSSR count). The van der Waals surface area contributed by atoms with E-state index in [1.165, 1.54) is 0 Å². The predicted molar refractivity (Wildman–Crippen MR) is 75.3 cm³/mol. The smallest absolute Gasteiger partial charge is 0.231 e. The Bertz CT molecular complexity index is 581. The summed E-state index contributed by atoms with van der Waals surface area (Å²) in [6.45, 7) is 0.400. The molecular formula is C14H17N5O. The minimum absolute atomic E-state index is 0.000103. The molecule has 0 spiro atoms. The lowest BCUT2D eigenvalue weighted by molar-refractivity contribution is -0.129. The third-order valence-corrected chi connectivity index (χ3v) is 3.93. The maximum atomic E-state index is 12.2. The Balaban J connectivity index is 1.71. The van der Waals surface area contributed by atoms with E-state index in [0.29, 0.717) is 18.1 Å². The van der Waals surface area contributed by atoms with Crippen molar-refractivity contribution in [3.8, 4) is 5.82 Å². The molecule has 1 fully saturated rings. The molecule has 0 atom stereocenters. The van der Waals surface area contributed by atoms with E-state index < -0.39 is 0 Å². The summed E-state index contributed by atoms with van der Waals surface area (Å²) in [5.74, 6) is 0.713. The largest absolute Gasteiger partial charge is 0.329 e. The number of nitrogens with two attached hydrogens (primary N) is 1. The number of pyridine rings is 1. The third kappa shape index (κ3) is 2.18. The SMILES string of the molecule is NCC1(C(=O)Nc2ccc(-n3cccn3)nc2)CCC1. The van der Waals surface area contributed by atoms with Gasteiger partial charge in [-0.3, -0.25) is 4.79 Å². The normalized spacial score (nSPS) is 16.4. The quantitative estimate of drug-likeness (QED) is 0.878. The molecule has 2 aromatic heterocycles. The average molecular weight is 271 g/mol. The molecule has 20 heavy (non-hydrogen) atoms. The van der Waals surface area contributed by atoms with E-state index in [1.807, 2.05) is 24.4 Å². The van der Waals surface area contributed by atoms with E-state index in [4.69, 9.17) is 5.73 Å². The van der Waals surface area contributed by atoms with Crippen LogP contribution in [0.1, 0.15) is 19.3 Å². The first-order valence-corrected chi connectivity index (χ1v) is 6.71. The van der Waals surface area contributed by atoms with Gasteiger partial charge in [0.05, 0.1) is 17.3 Å². The van der Waals surface area contributed by atoms with Crippen LogP contribution in [0.3, 0.4) is 0 Å². The number of carbonyl (C=O) groups is 1. The molecule has 1 aliphatic carbocycles. The second kappa shape index (κ2) is 5.05. The molecule has 3 N–H and O–H groups in total. The van der Waals surface area contributed by atoms with Crippen molar-refractivity contribution in [2.45, 2.75) is 19.3 Å². The molecule has 0 radical (unpaired) electrons. The van der Waals surface area contributed by atoms with Crippen LogP contribution < -0.4 is 11.1 Å². The van der Waals surface area contributed by atoms with Crippen molar-refractivity contribution < 1.29 is 4.79 Å². The molecule has 6 heteroatoms.